The van der Waals surface area contributed by atoms with Crippen LogP contribution in [-0.4, -0.2) is 37.5 Å². The number of benzene rings is 3. The van der Waals surface area contributed by atoms with Gasteiger partial charge in [0.25, 0.3) is 0 Å². The van der Waals surface area contributed by atoms with Crippen molar-refractivity contribution in [2.75, 3.05) is 25.6 Å². The summed E-state index contributed by atoms with van der Waals surface area (Å²) in [5.41, 5.74) is 2.10. The Labute approximate surface area is 245 Å². The number of hydrogen-bond donors (Lipinski definition) is 1. The van der Waals surface area contributed by atoms with Crippen molar-refractivity contribution in [3.8, 4) is 11.5 Å². The zero-order chi connectivity index (χ0) is 30.4. The van der Waals surface area contributed by atoms with E-state index in [4.69, 9.17) is 21.1 Å². The smallest absolute Gasteiger partial charge is 0.416 e. The lowest BCUT2D eigenvalue weighted by molar-refractivity contribution is -0.137. The molecule has 0 aliphatic rings. The van der Waals surface area contributed by atoms with Gasteiger partial charge in [0, 0.05) is 18.5 Å². The Balaban J connectivity index is 1.41. The zero-order valence-corrected chi connectivity index (χ0v) is 23.7. The number of amides is 2. The molecule has 42 heavy (non-hydrogen) atoms. The van der Waals surface area contributed by atoms with Crippen molar-refractivity contribution in [1.82, 2.24) is 10.3 Å². The van der Waals surface area contributed by atoms with E-state index in [9.17, 15) is 22.8 Å². The SMILES string of the molecule is COc1c(N(C)C(=O)CNC(=O)C=Cc2ccc(C(F)(F)F)cc2)ccc(Cl)c1COc1cc2ccccc2nc1C. The van der Waals surface area contributed by atoms with Gasteiger partial charge < -0.3 is 19.7 Å². The van der Waals surface area contributed by atoms with Gasteiger partial charge in [0.1, 0.15) is 12.4 Å². The summed E-state index contributed by atoms with van der Waals surface area (Å²) in [4.78, 5) is 31.1. The third-order valence-electron chi connectivity index (χ3n) is 6.44. The largest absolute Gasteiger partial charge is 0.494 e. The third kappa shape index (κ3) is 7.19. The lowest BCUT2D eigenvalue weighted by Gasteiger charge is -2.23. The molecule has 0 unspecified atom stereocenters. The van der Waals surface area contributed by atoms with Crippen molar-refractivity contribution in [1.29, 1.82) is 0 Å². The van der Waals surface area contributed by atoms with Crippen LogP contribution in [-0.2, 0) is 22.4 Å². The maximum Gasteiger partial charge on any atom is 0.416 e. The van der Waals surface area contributed by atoms with Gasteiger partial charge in [0.2, 0.25) is 11.8 Å². The molecule has 0 aliphatic carbocycles. The summed E-state index contributed by atoms with van der Waals surface area (Å²) in [6.45, 7) is 1.55. The average Bonchev–Trinajstić information content (AvgIpc) is 2.97. The van der Waals surface area contributed by atoms with E-state index in [1.807, 2.05) is 37.3 Å². The minimum Gasteiger partial charge on any atom is -0.494 e. The van der Waals surface area contributed by atoms with Crippen LogP contribution >= 0.6 is 11.6 Å². The molecule has 1 aromatic heterocycles. The van der Waals surface area contributed by atoms with Gasteiger partial charge >= 0.3 is 6.18 Å². The number of alkyl halides is 3. The Hall–Kier alpha value is -4.57. The van der Waals surface area contributed by atoms with Crippen LogP contribution in [0.2, 0.25) is 5.02 Å². The highest BCUT2D eigenvalue weighted by atomic mass is 35.5. The van der Waals surface area contributed by atoms with Crippen molar-refractivity contribution in [2.24, 2.45) is 0 Å². The number of carbonyl (C=O) groups excluding carboxylic acids is 2. The number of ether oxygens (including phenoxy) is 2. The van der Waals surface area contributed by atoms with Gasteiger partial charge in [-0.2, -0.15) is 13.2 Å². The van der Waals surface area contributed by atoms with Crippen molar-refractivity contribution in [3.63, 3.8) is 0 Å². The third-order valence-corrected chi connectivity index (χ3v) is 6.80. The number of likely N-dealkylation sites (N-methyl/N-ethyl adjacent to an activating group) is 1. The molecule has 0 aliphatic heterocycles. The first kappa shape index (κ1) is 30.4. The fourth-order valence-corrected chi connectivity index (χ4v) is 4.34. The van der Waals surface area contributed by atoms with Crippen LogP contribution in [0.3, 0.4) is 0 Å². The molecular formula is C31H27ClF3N3O4. The molecule has 0 saturated carbocycles. The Morgan fingerprint density at radius 1 is 1.07 bits per heavy atom. The number of nitrogens with one attached hydrogen (secondary N) is 1. The standard InChI is InChI=1S/C31H27ClF3N3O4/c1-19-27(16-21-6-4-5-7-25(21)37-19)42-18-23-24(32)13-14-26(30(23)41-3)38(2)29(40)17-36-28(39)15-10-20-8-11-22(12-9-20)31(33,34)35/h4-16H,17-18H2,1-3H3,(H,36,39). The van der Waals surface area contributed by atoms with Crippen LogP contribution in [0.15, 0.2) is 72.8 Å². The molecule has 1 heterocycles. The van der Waals surface area contributed by atoms with Crippen molar-refractivity contribution < 1.29 is 32.2 Å². The molecule has 0 saturated heterocycles. The van der Waals surface area contributed by atoms with E-state index < -0.39 is 23.6 Å². The molecular weight excluding hydrogens is 571 g/mol. The molecule has 3 aromatic carbocycles. The second kappa shape index (κ2) is 12.9. The molecule has 1 N–H and O–H groups in total. The first-order valence-electron chi connectivity index (χ1n) is 12.7. The van der Waals surface area contributed by atoms with Crippen LogP contribution in [0.1, 0.15) is 22.4 Å². The number of anilines is 1. The Bertz CT molecular complexity index is 1640. The maximum absolute atomic E-state index is 12.9. The van der Waals surface area contributed by atoms with E-state index in [-0.39, 0.29) is 13.2 Å². The molecule has 11 heteroatoms. The first-order chi connectivity index (χ1) is 20.0. The topological polar surface area (TPSA) is 80.8 Å². The van der Waals surface area contributed by atoms with E-state index in [0.717, 1.165) is 29.1 Å². The highest BCUT2D eigenvalue weighted by molar-refractivity contribution is 6.31. The molecule has 2 amide bonds. The van der Waals surface area contributed by atoms with Gasteiger partial charge in [-0.3, -0.25) is 9.59 Å². The number of nitrogens with zero attached hydrogens (tertiary/aromatic N) is 2. The average molecular weight is 598 g/mol. The van der Waals surface area contributed by atoms with Crippen LogP contribution in [0.5, 0.6) is 11.5 Å². The predicted octanol–water partition coefficient (Wildman–Crippen LogP) is 6.60. The number of methoxy groups -OCH3 is 1. The lowest BCUT2D eigenvalue weighted by Crippen LogP contribution is -2.37. The molecule has 4 aromatic rings. The summed E-state index contributed by atoms with van der Waals surface area (Å²) in [5.74, 6) is -0.131. The zero-order valence-electron chi connectivity index (χ0n) is 23.0. The maximum atomic E-state index is 12.9. The van der Waals surface area contributed by atoms with Gasteiger partial charge in [0.15, 0.2) is 5.75 Å². The highest BCUT2D eigenvalue weighted by Crippen LogP contribution is 2.37. The number of aryl methyl sites for hydroxylation is 1. The summed E-state index contributed by atoms with van der Waals surface area (Å²) in [6, 6.07) is 17.2. The summed E-state index contributed by atoms with van der Waals surface area (Å²) in [5, 5.41) is 3.78. The quantitative estimate of drug-likeness (QED) is 0.220. The number of pyridine rings is 1. The van der Waals surface area contributed by atoms with Gasteiger partial charge in [-0.1, -0.05) is 41.9 Å². The van der Waals surface area contributed by atoms with E-state index in [1.54, 1.807) is 12.1 Å². The molecule has 4 rings (SSSR count). The molecule has 0 fully saturated rings. The first-order valence-corrected chi connectivity index (χ1v) is 13.1. The second-order valence-corrected chi connectivity index (χ2v) is 9.66. The van der Waals surface area contributed by atoms with Crippen molar-refractivity contribution in [3.05, 3.63) is 100 Å². The summed E-state index contributed by atoms with van der Waals surface area (Å²) in [7, 11) is 2.98. The normalized spacial score (nSPS) is 11.5. The number of rotatable bonds is 9. The summed E-state index contributed by atoms with van der Waals surface area (Å²) in [6.07, 6.45) is -1.96. The molecule has 0 spiro atoms. The molecule has 0 radical (unpaired) electrons. The minimum absolute atomic E-state index is 0.0459. The number of para-hydroxylation sites is 1. The van der Waals surface area contributed by atoms with Crippen LogP contribution < -0.4 is 19.7 Å². The molecule has 218 valence electrons. The molecule has 7 nitrogen and oxygen atoms in total. The fourth-order valence-electron chi connectivity index (χ4n) is 4.14. The summed E-state index contributed by atoms with van der Waals surface area (Å²) < 4.78 is 49.8. The van der Waals surface area contributed by atoms with Gasteiger partial charge in [0.05, 0.1) is 46.7 Å². The Morgan fingerprint density at radius 2 is 1.79 bits per heavy atom. The second-order valence-electron chi connectivity index (χ2n) is 9.26. The molecule has 0 bridgehead atoms. The number of aromatic nitrogens is 1. The van der Waals surface area contributed by atoms with E-state index in [1.165, 1.54) is 37.3 Å². The number of fused-ring (bicyclic) bond motifs is 1. The van der Waals surface area contributed by atoms with Gasteiger partial charge in [-0.15, -0.1) is 0 Å². The Morgan fingerprint density at radius 3 is 2.48 bits per heavy atom. The minimum atomic E-state index is -4.44. The van der Waals surface area contributed by atoms with Crippen LogP contribution in [0.25, 0.3) is 17.0 Å². The van der Waals surface area contributed by atoms with Gasteiger partial charge in [-0.25, -0.2) is 4.98 Å². The number of carbonyl (C=O) groups is 2. The molecule has 0 atom stereocenters. The van der Waals surface area contributed by atoms with Gasteiger partial charge in [-0.05, 0) is 55.0 Å². The highest BCUT2D eigenvalue weighted by Gasteiger charge is 2.29. The van der Waals surface area contributed by atoms with Crippen LogP contribution in [0.4, 0.5) is 18.9 Å². The van der Waals surface area contributed by atoms with Crippen molar-refractivity contribution in [2.45, 2.75) is 19.7 Å². The van der Waals surface area contributed by atoms with Crippen molar-refractivity contribution >= 4 is 46.1 Å². The fraction of sp³-hybridized carbons (Fsp3) is 0.194. The lowest BCUT2D eigenvalue weighted by atomic mass is 10.1. The van der Waals surface area contributed by atoms with Crippen LogP contribution in [0, 0.1) is 6.92 Å². The monoisotopic (exact) mass is 597 g/mol. The predicted molar refractivity (Wildman–Crippen MR) is 156 cm³/mol. The van der Waals surface area contributed by atoms with E-state index >= 15 is 0 Å². The number of hydrogen-bond acceptors (Lipinski definition) is 5. The number of halogens is 4. The van der Waals surface area contributed by atoms with E-state index in [0.29, 0.717) is 39.0 Å². The Kier molecular flexibility index (Phi) is 9.37. The summed E-state index contributed by atoms with van der Waals surface area (Å²) >= 11 is 6.48. The van der Waals surface area contributed by atoms with E-state index in [2.05, 4.69) is 10.3 Å².